The van der Waals surface area contributed by atoms with Gasteiger partial charge in [-0.2, -0.15) is 0 Å². The van der Waals surface area contributed by atoms with Crippen molar-refractivity contribution in [2.75, 3.05) is 17.2 Å². The number of benzene rings is 2. The second-order valence-electron chi connectivity index (χ2n) is 5.36. The van der Waals surface area contributed by atoms with Crippen molar-refractivity contribution in [3.63, 3.8) is 0 Å². The Bertz CT molecular complexity index is 846. The van der Waals surface area contributed by atoms with Crippen molar-refractivity contribution in [1.82, 2.24) is 0 Å². The number of rotatable bonds is 3. The Kier molecular flexibility index (Phi) is 4.66. The van der Waals surface area contributed by atoms with Gasteiger partial charge in [0, 0.05) is 28.3 Å². The van der Waals surface area contributed by atoms with Gasteiger partial charge in [-0.1, -0.05) is 22.0 Å². The third kappa shape index (κ3) is 3.83. The molecule has 1 heterocycles. The first-order valence-electron chi connectivity index (χ1n) is 7.33. The molecule has 6 heteroatoms. The summed E-state index contributed by atoms with van der Waals surface area (Å²) in [5.74, 6) is 0.354. The second kappa shape index (κ2) is 6.88. The Balaban J connectivity index is 1.77. The van der Waals surface area contributed by atoms with Gasteiger partial charge in [-0.15, -0.1) is 0 Å². The van der Waals surface area contributed by atoms with Crippen molar-refractivity contribution in [2.24, 2.45) is 0 Å². The summed E-state index contributed by atoms with van der Waals surface area (Å²) in [6, 6.07) is 12.6. The number of anilines is 2. The lowest BCUT2D eigenvalue weighted by Crippen LogP contribution is -2.21. The average Bonchev–Trinajstić information content (AvgIpc) is 2.53. The Labute approximate surface area is 147 Å². The first kappa shape index (κ1) is 16.3. The molecule has 0 fully saturated rings. The van der Waals surface area contributed by atoms with Crippen LogP contribution in [-0.2, 0) is 9.59 Å². The quantitative estimate of drug-likeness (QED) is 0.842. The first-order valence-corrected chi connectivity index (χ1v) is 8.12. The molecular formula is C18H15BrN2O3. The zero-order valence-corrected chi connectivity index (χ0v) is 14.5. The highest BCUT2D eigenvalue weighted by Crippen LogP contribution is 2.29. The normalized spacial score (nSPS) is 12.5. The van der Waals surface area contributed by atoms with E-state index in [-0.39, 0.29) is 18.4 Å². The summed E-state index contributed by atoms with van der Waals surface area (Å²) >= 11 is 3.41. The molecule has 0 saturated carbocycles. The molecular weight excluding hydrogens is 372 g/mol. The molecule has 5 nitrogen and oxygen atoms in total. The van der Waals surface area contributed by atoms with Crippen LogP contribution in [0, 0.1) is 0 Å². The van der Waals surface area contributed by atoms with Gasteiger partial charge in [0.15, 0.2) is 0 Å². The van der Waals surface area contributed by atoms with Crippen molar-refractivity contribution in [3.8, 4) is 5.75 Å². The highest BCUT2D eigenvalue weighted by atomic mass is 79.9. The molecule has 0 spiro atoms. The molecule has 122 valence electrons. The van der Waals surface area contributed by atoms with E-state index >= 15 is 0 Å². The van der Waals surface area contributed by atoms with Gasteiger partial charge in [0.2, 0.25) is 5.91 Å². The van der Waals surface area contributed by atoms with Gasteiger partial charge in [0.25, 0.3) is 5.91 Å². The predicted molar refractivity (Wildman–Crippen MR) is 97.0 cm³/mol. The van der Waals surface area contributed by atoms with E-state index in [4.69, 9.17) is 4.74 Å². The second-order valence-corrected chi connectivity index (χ2v) is 6.27. The van der Waals surface area contributed by atoms with E-state index in [0.29, 0.717) is 16.9 Å². The Morgan fingerprint density at radius 3 is 2.58 bits per heavy atom. The molecule has 3 rings (SSSR count). The van der Waals surface area contributed by atoms with Crippen LogP contribution in [0.1, 0.15) is 12.5 Å². The van der Waals surface area contributed by atoms with Gasteiger partial charge in [0.05, 0.1) is 5.57 Å². The number of hydrogen-bond donors (Lipinski definition) is 2. The molecule has 0 radical (unpaired) electrons. The molecule has 0 bridgehead atoms. The smallest absolute Gasteiger partial charge is 0.255 e. The van der Waals surface area contributed by atoms with E-state index in [1.807, 2.05) is 24.3 Å². The summed E-state index contributed by atoms with van der Waals surface area (Å²) in [7, 11) is 0. The van der Waals surface area contributed by atoms with Crippen molar-refractivity contribution in [1.29, 1.82) is 0 Å². The topological polar surface area (TPSA) is 67.4 Å². The van der Waals surface area contributed by atoms with Crippen molar-refractivity contribution >= 4 is 45.2 Å². The van der Waals surface area contributed by atoms with Gasteiger partial charge in [-0.25, -0.2) is 0 Å². The molecule has 2 aromatic rings. The Morgan fingerprint density at radius 2 is 1.83 bits per heavy atom. The molecule has 0 aliphatic carbocycles. The van der Waals surface area contributed by atoms with Crippen LogP contribution in [0.4, 0.5) is 11.4 Å². The van der Waals surface area contributed by atoms with Gasteiger partial charge >= 0.3 is 0 Å². The molecule has 2 amide bonds. The standard InChI is InChI=1S/C18H15BrN2O3/c1-11(22)20-15-3-2-4-16(9-15)21-18(23)13-7-12-8-14(19)5-6-17(12)24-10-13/h2-9H,10H2,1H3,(H,20,22)(H,21,23). The molecule has 0 unspecified atom stereocenters. The molecule has 2 N–H and O–H groups in total. The minimum atomic E-state index is -0.236. The van der Waals surface area contributed by atoms with Crippen LogP contribution in [0.2, 0.25) is 0 Å². The van der Waals surface area contributed by atoms with Crippen LogP contribution in [0.5, 0.6) is 5.75 Å². The maximum Gasteiger partial charge on any atom is 0.255 e. The number of amides is 2. The lowest BCUT2D eigenvalue weighted by Gasteiger charge is -2.18. The molecule has 1 aliphatic rings. The fraction of sp³-hybridized carbons (Fsp3) is 0.111. The predicted octanol–water partition coefficient (Wildman–Crippen LogP) is 3.82. The maximum absolute atomic E-state index is 12.4. The molecule has 0 aromatic heterocycles. The number of carbonyl (C=O) groups excluding carboxylic acids is 2. The lowest BCUT2D eigenvalue weighted by atomic mass is 10.1. The third-order valence-electron chi connectivity index (χ3n) is 3.42. The number of hydrogen-bond acceptors (Lipinski definition) is 3. The zero-order chi connectivity index (χ0) is 17.1. The minimum Gasteiger partial charge on any atom is -0.488 e. The highest BCUT2D eigenvalue weighted by Gasteiger charge is 2.17. The van der Waals surface area contributed by atoms with Gasteiger partial charge in [-0.3, -0.25) is 9.59 Å². The van der Waals surface area contributed by atoms with Crippen LogP contribution >= 0.6 is 15.9 Å². The molecule has 0 saturated heterocycles. The summed E-state index contributed by atoms with van der Waals surface area (Å²) < 4.78 is 6.54. The van der Waals surface area contributed by atoms with Gasteiger partial charge < -0.3 is 15.4 Å². The lowest BCUT2D eigenvalue weighted by molar-refractivity contribution is -0.114. The van der Waals surface area contributed by atoms with E-state index < -0.39 is 0 Å². The number of carbonyl (C=O) groups is 2. The van der Waals surface area contributed by atoms with Crippen LogP contribution in [0.15, 0.2) is 52.5 Å². The van der Waals surface area contributed by atoms with E-state index in [2.05, 4.69) is 26.6 Å². The summed E-state index contributed by atoms with van der Waals surface area (Å²) in [6.07, 6.45) is 1.82. The van der Waals surface area contributed by atoms with Crippen LogP contribution in [-0.4, -0.2) is 18.4 Å². The molecule has 0 atom stereocenters. The van der Waals surface area contributed by atoms with E-state index in [1.165, 1.54) is 6.92 Å². The summed E-state index contributed by atoms with van der Waals surface area (Å²) in [5, 5.41) is 5.50. The number of ether oxygens (including phenoxy) is 1. The van der Waals surface area contributed by atoms with Gasteiger partial charge in [0.1, 0.15) is 12.4 Å². The summed E-state index contributed by atoms with van der Waals surface area (Å²) in [5.41, 5.74) is 2.62. The fourth-order valence-electron chi connectivity index (χ4n) is 2.37. The van der Waals surface area contributed by atoms with Crippen molar-refractivity contribution in [3.05, 3.63) is 58.1 Å². The number of fused-ring (bicyclic) bond motifs is 1. The summed E-state index contributed by atoms with van der Waals surface area (Å²) in [6.45, 7) is 1.65. The molecule has 24 heavy (non-hydrogen) atoms. The Hall–Kier alpha value is -2.60. The first-order chi connectivity index (χ1) is 11.5. The van der Waals surface area contributed by atoms with E-state index in [9.17, 15) is 9.59 Å². The average molecular weight is 387 g/mol. The fourth-order valence-corrected chi connectivity index (χ4v) is 2.75. The number of nitrogens with one attached hydrogen (secondary N) is 2. The Morgan fingerprint density at radius 1 is 1.08 bits per heavy atom. The SMILES string of the molecule is CC(=O)Nc1cccc(NC(=O)C2=Cc3cc(Br)ccc3OC2)c1. The maximum atomic E-state index is 12.4. The van der Waals surface area contributed by atoms with E-state index in [0.717, 1.165) is 15.8 Å². The van der Waals surface area contributed by atoms with Crippen LogP contribution in [0.3, 0.4) is 0 Å². The zero-order valence-electron chi connectivity index (χ0n) is 12.9. The molecule has 2 aromatic carbocycles. The van der Waals surface area contributed by atoms with Crippen molar-refractivity contribution in [2.45, 2.75) is 6.92 Å². The van der Waals surface area contributed by atoms with E-state index in [1.54, 1.807) is 24.3 Å². The highest BCUT2D eigenvalue weighted by molar-refractivity contribution is 9.10. The monoisotopic (exact) mass is 386 g/mol. The summed E-state index contributed by atoms with van der Waals surface area (Å²) in [4.78, 5) is 23.5. The van der Waals surface area contributed by atoms with Crippen LogP contribution < -0.4 is 15.4 Å². The largest absolute Gasteiger partial charge is 0.488 e. The van der Waals surface area contributed by atoms with Crippen LogP contribution in [0.25, 0.3) is 6.08 Å². The minimum absolute atomic E-state index is 0.163. The van der Waals surface area contributed by atoms with Gasteiger partial charge in [-0.05, 0) is 42.5 Å². The third-order valence-corrected chi connectivity index (χ3v) is 3.91. The molecule has 1 aliphatic heterocycles. The number of halogens is 1. The van der Waals surface area contributed by atoms with Crippen molar-refractivity contribution < 1.29 is 14.3 Å².